The van der Waals surface area contributed by atoms with Crippen LogP contribution < -0.4 is 4.90 Å². The molecule has 7 nitrogen and oxygen atoms in total. The van der Waals surface area contributed by atoms with E-state index in [1.165, 1.54) is 0 Å². The summed E-state index contributed by atoms with van der Waals surface area (Å²) >= 11 is 0. The van der Waals surface area contributed by atoms with Crippen LogP contribution >= 0.6 is 0 Å². The Labute approximate surface area is 146 Å². The second-order valence-corrected chi connectivity index (χ2v) is 5.96. The van der Waals surface area contributed by atoms with Crippen molar-refractivity contribution in [3.05, 3.63) is 43.4 Å². The molecule has 7 heteroatoms. The first-order valence-corrected chi connectivity index (χ1v) is 8.48. The molecule has 0 N–H and O–H groups in total. The molecule has 0 aliphatic carbocycles. The average Bonchev–Trinajstić information content (AvgIpc) is 3.23. The number of piperazine rings is 1. The lowest BCUT2D eigenvalue weighted by Crippen LogP contribution is -2.46. The lowest BCUT2D eigenvalue weighted by molar-refractivity contribution is 0.270. The largest absolute Gasteiger partial charge is 0.472 e. The quantitative estimate of drug-likeness (QED) is 0.724. The summed E-state index contributed by atoms with van der Waals surface area (Å²) in [5, 5.41) is 0. The summed E-state index contributed by atoms with van der Waals surface area (Å²) in [4.78, 5) is 22.6. The predicted molar refractivity (Wildman–Crippen MR) is 95.1 cm³/mol. The molecule has 4 rings (SSSR count). The van der Waals surface area contributed by atoms with Gasteiger partial charge in [0, 0.05) is 55.9 Å². The minimum absolute atomic E-state index is 0.750. The molecule has 3 aromatic rings. The zero-order chi connectivity index (χ0) is 17.1. The highest BCUT2D eigenvalue weighted by atomic mass is 16.3. The maximum atomic E-state index is 5.26. The Morgan fingerprint density at radius 2 is 1.96 bits per heavy atom. The van der Waals surface area contributed by atoms with Crippen LogP contribution in [-0.2, 0) is 0 Å². The molecular formula is C18H20N6O. The monoisotopic (exact) mass is 336 g/mol. The lowest BCUT2D eigenvalue weighted by atomic mass is 10.1. The van der Waals surface area contributed by atoms with Gasteiger partial charge in [0.25, 0.3) is 0 Å². The molecule has 0 radical (unpaired) electrons. The number of anilines is 1. The van der Waals surface area contributed by atoms with E-state index < -0.39 is 0 Å². The molecule has 1 aliphatic heterocycles. The average molecular weight is 336 g/mol. The van der Waals surface area contributed by atoms with E-state index in [-0.39, 0.29) is 0 Å². The van der Waals surface area contributed by atoms with Gasteiger partial charge < -0.3 is 14.2 Å². The smallest absolute Gasteiger partial charge is 0.225 e. The van der Waals surface area contributed by atoms with Gasteiger partial charge in [-0.05, 0) is 12.6 Å². The minimum atomic E-state index is 0.750. The molecule has 1 fully saturated rings. The Bertz CT molecular complexity index is 813. The lowest BCUT2D eigenvalue weighted by Gasteiger charge is -2.34. The second-order valence-electron chi connectivity index (χ2n) is 5.96. The molecule has 3 aromatic heterocycles. The summed E-state index contributed by atoms with van der Waals surface area (Å²) < 4.78 is 5.26. The van der Waals surface area contributed by atoms with Gasteiger partial charge in [0.05, 0.1) is 30.1 Å². The molecule has 128 valence electrons. The topological polar surface area (TPSA) is 71.2 Å². The molecule has 0 atom stereocenters. The van der Waals surface area contributed by atoms with Crippen LogP contribution in [0.25, 0.3) is 22.5 Å². The molecule has 25 heavy (non-hydrogen) atoms. The van der Waals surface area contributed by atoms with E-state index in [2.05, 4.69) is 31.7 Å². The number of hydrogen-bond donors (Lipinski definition) is 0. The number of rotatable bonds is 4. The van der Waals surface area contributed by atoms with Crippen molar-refractivity contribution in [1.82, 2.24) is 24.8 Å². The van der Waals surface area contributed by atoms with Gasteiger partial charge in [-0.3, -0.25) is 9.97 Å². The summed E-state index contributed by atoms with van der Waals surface area (Å²) in [5.74, 6) is 0.750. The molecule has 0 bridgehead atoms. The van der Waals surface area contributed by atoms with Crippen molar-refractivity contribution < 1.29 is 4.42 Å². The Hall–Kier alpha value is -2.80. The maximum Gasteiger partial charge on any atom is 0.225 e. The van der Waals surface area contributed by atoms with Gasteiger partial charge in [-0.2, -0.15) is 0 Å². The van der Waals surface area contributed by atoms with Gasteiger partial charge >= 0.3 is 0 Å². The van der Waals surface area contributed by atoms with E-state index in [0.717, 1.165) is 61.2 Å². The molecule has 0 unspecified atom stereocenters. The number of nitrogens with zero attached hydrogens (tertiary/aromatic N) is 6. The second kappa shape index (κ2) is 6.98. The van der Waals surface area contributed by atoms with E-state index in [1.807, 2.05) is 12.3 Å². The summed E-state index contributed by atoms with van der Waals surface area (Å²) in [6.07, 6.45) is 10.2. The van der Waals surface area contributed by atoms with Crippen molar-refractivity contribution >= 4 is 5.95 Å². The molecule has 0 saturated carbocycles. The van der Waals surface area contributed by atoms with Crippen LogP contribution in [0.5, 0.6) is 0 Å². The predicted octanol–water partition coefficient (Wildman–Crippen LogP) is 2.34. The Kier molecular flexibility index (Phi) is 4.39. The summed E-state index contributed by atoms with van der Waals surface area (Å²) in [7, 11) is 0. The van der Waals surface area contributed by atoms with Crippen LogP contribution in [0.3, 0.4) is 0 Å². The molecular weight excluding hydrogens is 316 g/mol. The summed E-state index contributed by atoms with van der Waals surface area (Å²) in [5.41, 5.74) is 3.33. The first-order valence-electron chi connectivity index (χ1n) is 8.48. The number of furan rings is 1. The third kappa shape index (κ3) is 3.23. The highest BCUT2D eigenvalue weighted by Crippen LogP contribution is 2.30. The van der Waals surface area contributed by atoms with Gasteiger partial charge in [0.1, 0.15) is 0 Å². The van der Waals surface area contributed by atoms with Crippen molar-refractivity contribution in [3.63, 3.8) is 0 Å². The highest BCUT2D eigenvalue weighted by Gasteiger charge is 2.20. The fraction of sp³-hybridized carbons (Fsp3) is 0.333. The maximum absolute atomic E-state index is 5.26. The number of likely N-dealkylation sites (N-methyl/N-ethyl adjacent to an activating group) is 1. The molecule has 0 amide bonds. The van der Waals surface area contributed by atoms with E-state index in [4.69, 9.17) is 9.40 Å². The van der Waals surface area contributed by atoms with Crippen molar-refractivity contribution in [2.45, 2.75) is 6.92 Å². The van der Waals surface area contributed by atoms with Gasteiger partial charge in [0.15, 0.2) is 0 Å². The third-order valence-corrected chi connectivity index (χ3v) is 4.51. The summed E-state index contributed by atoms with van der Waals surface area (Å²) in [6, 6.07) is 1.90. The third-order valence-electron chi connectivity index (χ3n) is 4.51. The normalized spacial score (nSPS) is 15.5. The number of aromatic nitrogens is 4. The molecule has 4 heterocycles. The van der Waals surface area contributed by atoms with Crippen molar-refractivity contribution in [2.75, 3.05) is 37.6 Å². The molecule has 1 saturated heterocycles. The Morgan fingerprint density at radius 3 is 2.64 bits per heavy atom. The van der Waals surface area contributed by atoms with Crippen molar-refractivity contribution in [3.8, 4) is 22.5 Å². The standard InChI is InChI=1S/C18H20N6O/c1-2-23-6-8-24(9-7-23)18-21-11-15(16-12-19-4-5-20-16)17(22-18)14-3-10-25-13-14/h3-5,10-13H,2,6-9H2,1H3. The van der Waals surface area contributed by atoms with Gasteiger partial charge in [-0.15, -0.1) is 0 Å². The van der Waals surface area contributed by atoms with E-state index in [0.29, 0.717) is 0 Å². The van der Waals surface area contributed by atoms with E-state index >= 15 is 0 Å². The van der Waals surface area contributed by atoms with Gasteiger partial charge in [-0.25, -0.2) is 9.97 Å². The SMILES string of the molecule is CCN1CCN(c2ncc(-c3cnccn3)c(-c3ccoc3)n2)CC1. The molecule has 0 spiro atoms. The first-order chi connectivity index (χ1) is 12.3. The van der Waals surface area contributed by atoms with Gasteiger partial charge in [0.2, 0.25) is 5.95 Å². The van der Waals surface area contributed by atoms with Crippen molar-refractivity contribution in [1.29, 1.82) is 0 Å². The zero-order valence-electron chi connectivity index (χ0n) is 14.2. The van der Waals surface area contributed by atoms with Crippen LogP contribution in [0, 0.1) is 0 Å². The molecule has 0 aromatic carbocycles. The minimum Gasteiger partial charge on any atom is -0.472 e. The van der Waals surface area contributed by atoms with Crippen LogP contribution in [0.1, 0.15) is 6.92 Å². The highest BCUT2D eigenvalue weighted by molar-refractivity contribution is 5.78. The van der Waals surface area contributed by atoms with Crippen LogP contribution in [0.2, 0.25) is 0 Å². The Balaban J connectivity index is 1.71. The van der Waals surface area contributed by atoms with Crippen molar-refractivity contribution in [2.24, 2.45) is 0 Å². The van der Waals surface area contributed by atoms with Crippen LogP contribution in [-0.4, -0.2) is 57.6 Å². The molecule has 1 aliphatic rings. The fourth-order valence-electron chi connectivity index (χ4n) is 3.03. The van der Waals surface area contributed by atoms with E-state index in [9.17, 15) is 0 Å². The van der Waals surface area contributed by atoms with Crippen LogP contribution in [0.4, 0.5) is 5.95 Å². The Morgan fingerprint density at radius 1 is 1.08 bits per heavy atom. The summed E-state index contributed by atoms with van der Waals surface area (Å²) in [6.45, 7) is 7.21. The van der Waals surface area contributed by atoms with E-state index in [1.54, 1.807) is 31.1 Å². The first kappa shape index (κ1) is 15.7. The van der Waals surface area contributed by atoms with Crippen LogP contribution in [0.15, 0.2) is 47.8 Å². The fourth-order valence-corrected chi connectivity index (χ4v) is 3.03. The zero-order valence-corrected chi connectivity index (χ0v) is 14.2. The number of hydrogen-bond acceptors (Lipinski definition) is 7. The van der Waals surface area contributed by atoms with Gasteiger partial charge in [-0.1, -0.05) is 6.92 Å².